The number of rotatable bonds is 2. The maximum Gasteiger partial charge on any atom is 0.407 e. The average molecular weight is 169 g/mol. The third-order valence-electron chi connectivity index (χ3n) is 2.35. The molecule has 0 aliphatic carbocycles. The summed E-state index contributed by atoms with van der Waals surface area (Å²) in [5.41, 5.74) is 0. The Kier molecular flexibility index (Phi) is 2.74. The maximum absolute atomic E-state index is 11.0. The van der Waals surface area contributed by atoms with E-state index in [1.165, 1.54) is 0 Å². The van der Waals surface area contributed by atoms with Crippen LogP contribution in [-0.4, -0.2) is 18.2 Å². The van der Waals surface area contributed by atoms with Crippen LogP contribution in [0.5, 0.6) is 0 Å². The van der Waals surface area contributed by atoms with E-state index < -0.39 is 0 Å². The summed E-state index contributed by atoms with van der Waals surface area (Å²) in [5, 5.41) is 2.70. The van der Waals surface area contributed by atoms with Crippen molar-refractivity contribution in [2.24, 2.45) is 5.92 Å². The molecule has 1 aliphatic heterocycles. The van der Waals surface area contributed by atoms with E-state index in [9.17, 15) is 4.79 Å². The second-order valence-electron chi connectivity index (χ2n) is 3.12. The molecule has 68 valence electrons. The van der Waals surface area contributed by atoms with Gasteiger partial charge in [-0.25, -0.2) is 4.79 Å². The number of amides is 1. The molecule has 0 aromatic carbocycles. The molecule has 0 saturated carbocycles. The van der Waals surface area contributed by atoms with E-state index in [4.69, 9.17) is 4.74 Å². The van der Waals surface area contributed by atoms with Crippen LogP contribution in [0.1, 0.15) is 20.3 Å². The molecular formula is C9H15NO2. The number of carbonyl (C=O) groups excluding carboxylic acids is 1. The van der Waals surface area contributed by atoms with Crippen molar-refractivity contribution in [3.05, 3.63) is 12.7 Å². The van der Waals surface area contributed by atoms with Gasteiger partial charge in [0, 0.05) is 5.92 Å². The second kappa shape index (κ2) is 3.61. The van der Waals surface area contributed by atoms with Gasteiger partial charge < -0.3 is 10.1 Å². The molecule has 12 heavy (non-hydrogen) atoms. The summed E-state index contributed by atoms with van der Waals surface area (Å²) in [6.45, 7) is 7.74. The van der Waals surface area contributed by atoms with Crippen LogP contribution in [-0.2, 0) is 4.74 Å². The van der Waals surface area contributed by atoms with E-state index in [2.05, 4.69) is 18.8 Å². The van der Waals surface area contributed by atoms with Crippen LogP contribution < -0.4 is 5.32 Å². The molecule has 1 N–H and O–H groups in total. The van der Waals surface area contributed by atoms with Gasteiger partial charge in [-0.05, 0) is 6.42 Å². The summed E-state index contributed by atoms with van der Waals surface area (Å²) < 4.78 is 5.08. The molecule has 3 heteroatoms. The van der Waals surface area contributed by atoms with Crippen LogP contribution in [0.3, 0.4) is 0 Å². The number of carbonyl (C=O) groups is 1. The van der Waals surface area contributed by atoms with Gasteiger partial charge >= 0.3 is 6.09 Å². The predicted octanol–water partition coefficient (Wildman–Crippen LogP) is 1.70. The van der Waals surface area contributed by atoms with Crippen molar-refractivity contribution in [2.75, 3.05) is 0 Å². The van der Waals surface area contributed by atoms with Crippen molar-refractivity contribution in [3.63, 3.8) is 0 Å². The first-order chi connectivity index (χ1) is 5.69. The van der Waals surface area contributed by atoms with Crippen LogP contribution in [0.2, 0.25) is 0 Å². The number of alkyl carbamates (subject to hydrolysis) is 1. The highest BCUT2D eigenvalue weighted by atomic mass is 16.6. The topological polar surface area (TPSA) is 38.3 Å². The van der Waals surface area contributed by atoms with Gasteiger partial charge in [0.05, 0.1) is 6.04 Å². The van der Waals surface area contributed by atoms with E-state index in [0.717, 1.165) is 6.42 Å². The normalized spacial score (nSPS) is 35.2. The van der Waals surface area contributed by atoms with Crippen LogP contribution in [0.15, 0.2) is 12.7 Å². The van der Waals surface area contributed by atoms with E-state index >= 15 is 0 Å². The van der Waals surface area contributed by atoms with E-state index in [1.54, 1.807) is 6.08 Å². The molecule has 3 nitrogen and oxygen atoms in total. The highest BCUT2D eigenvalue weighted by Crippen LogP contribution is 2.20. The summed E-state index contributed by atoms with van der Waals surface area (Å²) in [7, 11) is 0. The fraction of sp³-hybridized carbons (Fsp3) is 0.667. The van der Waals surface area contributed by atoms with Crippen molar-refractivity contribution >= 4 is 6.09 Å². The lowest BCUT2D eigenvalue weighted by atomic mass is 9.93. The standard InChI is InChI=1S/C9H15NO2/c1-4-7-6(3)8(5-2)12-9(11)10-7/h4,6-8H,1,5H2,2-3H3,(H,10,11)/t6-,7-,8+/m1/s1. The smallest absolute Gasteiger partial charge is 0.407 e. The molecule has 0 spiro atoms. The summed E-state index contributed by atoms with van der Waals surface area (Å²) in [4.78, 5) is 11.0. The van der Waals surface area contributed by atoms with Gasteiger partial charge in [-0.1, -0.05) is 19.9 Å². The average Bonchev–Trinajstić information content (AvgIpc) is 2.08. The van der Waals surface area contributed by atoms with Gasteiger partial charge in [0.15, 0.2) is 0 Å². The Labute approximate surface area is 72.8 Å². The van der Waals surface area contributed by atoms with Crippen LogP contribution in [0.4, 0.5) is 4.79 Å². The van der Waals surface area contributed by atoms with Crippen LogP contribution in [0.25, 0.3) is 0 Å². The predicted molar refractivity (Wildman–Crippen MR) is 46.8 cm³/mol. The fourth-order valence-corrected chi connectivity index (χ4v) is 1.51. The zero-order valence-corrected chi connectivity index (χ0v) is 7.54. The number of nitrogens with one attached hydrogen (secondary N) is 1. The van der Waals surface area contributed by atoms with Crippen molar-refractivity contribution in [3.8, 4) is 0 Å². The second-order valence-corrected chi connectivity index (χ2v) is 3.12. The number of ether oxygens (including phenoxy) is 1. The Morgan fingerprint density at radius 1 is 1.75 bits per heavy atom. The first-order valence-corrected chi connectivity index (χ1v) is 4.28. The molecule has 1 fully saturated rings. The molecule has 1 saturated heterocycles. The van der Waals surface area contributed by atoms with Crippen molar-refractivity contribution < 1.29 is 9.53 Å². The SMILES string of the molecule is C=C[C@H]1NC(=O)O[C@@H](CC)[C@@H]1C. The minimum Gasteiger partial charge on any atom is -0.446 e. The monoisotopic (exact) mass is 169 g/mol. The molecule has 0 unspecified atom stereocenters. The lowest BCUT2D eigenvalue weighted by Crippen LogP contribution is -2.50. The lowest BCUT2D eigenvalue weighted by Gasteiger charge is -2.34. The van der Waals surface area contributed by atoms with E-state index in [0.29, 0.717) is 5.92 Å². The van der Waals surface area contributed by atoms with Gasteiger partial charge in [0.1, 0.15) is 6.10 Å². The Morgan fingerprint density at radius 3 is 2.92 bits per heavy atom. The lowest BCUT2D eigenvalue weighted by molar-refractivity contribution is 0.0287. The summed E-state index contributed by atoms with van der Waals surface area (Å²) in [6.07, 6.45) is 2.32. The van der Waals surface area contributed by atoms with Crippen LogP contribution in [0, 0.1) is 5.92 Å². The first-order valence-electron chi connectivity index (χ1n) is 4.28. The van der Waals surface area contributed by atoms with E-state index in [1.807, 2.05) is 6.92 Å². The fourth-order valence-electron chi connectivity index (χ4n) is 1.51. The molecule has 0 bridgehead atoms. The zero-order valence-electron chi connectivity index (χ0n) is 7.54. The van der Waals surface area contributed by atoms with Crippen LogP contribution >= 0.6 is 0 Å². The Morgan fingerprint density at radius 2 is 2.42 bits per heavy atom. The van der Waals surface area contributed by atoms with Crippen molar-refractivity contribution in [1.29, 1.82) is 0 Å². The highest BCUT2D eigenvalue weighted by molar-refractivity contribution is 5.69. The van der Waals surface area contributed by atoms with Crippen molar-refractivity contribution in [1.82, 2.24) is 5.32 Å². The first kappa shape index (κ1) is 9.10. The molecule has 1 heterocycles. The number of hydrogen-bond donors (Lipinski definition) is 1. The molecule has 0 radical (unpaired) electrons. The summed E-state index contributed by atoms with van der Waals surface area (Å²) in [6, 6.07) is 0.0520. The van der Waals surface area contributed by atoms with Crippen molar-refractivity contribution in [2.45, 2.75) is 32.4 Å². The minimum absolute atomic E-state index is 0.0294. The Hall–Kier alpha value is -0.990. The molecule has 1 rings (SSSR count). The molecule has 0 aromatic rings. The Balaban J connectivity index is 2.67. The quantitative estimate of drug-likeness (QED) is 0.639. The molecular weight excluding hydrogens is 154 g/mol. The third-order valence-corrected chi connectivity index (χ3v) is 2.35. The molecule has 3 atom stereocenters. The highest BCUT2D eigenvalue weighted by Gasteiger charge is 2.31. The third kappa shape index (κ3) is 1.60. The Bertz CT molecular complexity index is 191. The molecule has 1 amide bonds. The van der Waals surface area contributed by atoms with Gasteiger partial charge in [-0.2, -0.15) is 0 Å². The molecule has 1 aliphatic rings. The van der Waals surface area contributed by atoms with Gasteiger partial charge in [-0.3, -0.25) is 0 Å². The zero-order chi connectivity index (χ0) is 9.14. The van der Waals surface area contributed by atoms with Gasteiger partial charge in [0.25, 0.3) is 0 Å². The number of cyclic esters (lactones) is 1. The minimum atomic E-state index is -0.329. The molecule has 0 aromatic heterocycles. The van der Waals surface area contributed by atoms with E-state index in [-0.39, 0.29) is 18.2 Å². The summed E-state index contributed by atoms with van der Waals surface area (Å²) >= 11 is 0. The largest absolute Gasteiger partial charge is 0.446 e. The summed E-state index contributed by atoms with van der Waals surface area (Å²) in [5.74, 6) is 0.310. The maximum atomic E-state index is 11.0. The number of hydrogen-bond acceptors (Lipinski definition) is 2. The van der Waals surface area contributed by atoms with Gasteiger partial charge in [0.2, 0.25) is 0 Å². The van der Waals surface area contributed by atoms with Gasteiger partial charge in [-0.15, -0.1) is 6.58 Å².